The van der Waals surface area contributed by atoms with E-state index in [1.807, 2.05) is 13.8 Å². The van der Waals surface area contributed by atoms with E-state index in [1.165, 1.54) is 10.6 Å². The van der Waals surface area contributed by atoms with E-state index >= 15 is 0 Å². The molecule has 1 aliphatic heterocycles. The molecule has 2 N–H and O–H groups in total. The van der Waals surface area contributed by atoms with Crippen LogP contribution < -0.4 is 10.2 Å². The van der Waals surface area contributed by atoms with E-state index in [-0.39, 0.29) is 23.5 Å². The van der Waals surface area contributed by atoms with E-state index in [1.54, 1.807) is 4.90 Å². The number of fused-ring (bicyclic) bond motifs is 1. The zero-order valence-electron chi connectivity index (χ0n) is 13.7. The standard InChI is InChI=1S/C15H21N3O5S/c1-9(2)17-5-6-18-10(8-16-24(22,23)11-3-4-11)7-12(19)14(20)13(18)15(17)21/h7,9,11,16,20H,3-6,8H2,1-2H3. The molecule has 0 spiro atoms. The number of aromatic nitrogens is 1. The van der Waals surface area contributed by atoms with Crippen molar-refractivity contribution in [2.45, 2.75) is 51.1 Å². The molecule has 132 valence electrons. The summed E-state index contributed by atoms with van der Waals surface area (Å²) >= 11 is 0. The van der Waals surface area contributed by atoms with Crippen molar-refractivity contribution in [3.63, 3.8) is 0 Å². The lowest BCUT2D eigenvalue weighted by Gasteiger charge is -2.34. The number of pyridine rings is 1. The number of hydrogen-bond donors (Lipinski definition) is 2. The summed E-state index contributed by atoms with van der Waals surface area (Å²) in [5.41, 5.74) is -0.363. The number of nitrogens with one attached hydrogen (secondary N) is 1. The normalized spacial score (nSPS) is 18.1. The number of rotatable bonds is 5. The Morgan fingerprint density at radius 1 is 1.29 bits per heavy atom. The number of sulfonamides is 1. The Hall–Kier alpha value is -1.87. The monoisotopic (exact) mass is 355 g/mol. The van der Waals surface area contributed by atoms with Crippen LogP contribution in [0.15, 0.2) is 10.9 Å². The van der Waals surface area contributed by atoms with Crippen LogP contribution in [-0.4, -0.2) is 46.7 Å². The maximum absolute atomic E-state index is 12.6. The topological polar surface area (TPSA) is 109 Å². The molecular weight excluding hydrogens is 334 g/mol. The molecule has 24 heavy (non-hydrogen) atoms. The van der Waals surface area contributed by atoms with E-state index in [0.29, 0.717) is 31.6 Å². The lowest BCUT2D eigenvalue weighted by molar-refractivity contribution is 0.0639. The van der Waals surface area contributed by atoms with Gasteiger partial charge in [-0.1, -0.05) is 0 Å². The van der Waals surface area contributed by atoms with Gasteiger partial charge >= 0.3 is 0 Å². The van der Waals surface area contributed by atoms with Gasteiger partial charge in [-0.3, -0.25) is 9.59 Å². The lowest BCUT2D eigenvalue weighted by Crippen LogP contribution is -2.46. The largest absolute Gasteiger partial charge is 0.503 e. The molecule has 1 aliphatic carbocycles. The fourth-order valence-electron chi connectivity index (χ4n) is 2.91. The van der Waals surface area contributed by atoms with Gasteiger partial charge in [0, 0.05) is 30.9 Å². The van der Waals surface area contributed by atoms with Gasteiger partial charge in [0.15, 0.2) is 11.4 Å². The fourth-order valence-corrected chi connectivity index (χ4v) is 4.25. The van der Waals surface area contributed by atoms with Gasteiger partial charge in [0.25, 0.3) is 5.91 Å². The summed E-state index contributed by atoms with van der Waals surface area (Å²) in [6.07, 6.45) is 1.29. The van der Waals surface area contributed by atoms with Crippen molar-refractivity contribution in [2.24, 2.45) is 0 Å². The molecule has 8 nitrogen and oxygen atoms in total. The molecule has 0 saturated heterocycles. The van der Waals surface area contributed by atoms with Gasteiger partial charge in [-0.25, -0.2) is 13.1 Å². The Bertz CT molecular complexity index is 839. The zero-order chi connectivity index (χ0) is 17.6. The Kier molecular flexibility index (Phi) is 4.16. The Labute approximate surface area is 140 Å². The Morgan fingerprint density at radius 3 is 2.54 bits per heavy atom. The maximum atomic E-state index is 12.6. The van der Waals surface area contributed by atoms with Crippen LogP contribution in [-0.2, 0) is 23.1 Å². The first-order valence-corrected chi connectivity index (χ1v) is 9.52. The number of aromatic hydroxyl groups is 1. The highest BCUT2D eigenvalue weighted by Gasteiger charge is 2.36. The molecule has 1 saturated carbocycles. The second-order valence-electron chi connectivity index (χ2n) is 6.51. The number of carbonyl (C=O) groups excluding carboxylic acids is 1. The van der Waals surface area contributed by atoms with Gasteiger partial charge in [-0.05, 0) is 26.7 Å². The number of amides is 1. The number of nitrogens with zero attached hydrogens (tertiary/aromatic N) is 2. The van der Waals surface area contributed by atoms with Crippen LogP contribution >= 0.6 is 0 Å². The first-order valence-electron chi connectivity index (χ1n) is 7.97. The Morgan fingerprint density at radius 2 is 1.96 bits per heavy atom. The average Bonchev–Trinajstić information content (AvgIpc) is 3.34. The predicted molar refractivity (Wildman–Crippen MR) is 87.3 cm³/mol. The third-order valence-electron chi connectivity index (χ3n) is 4.44. The van der Waals surface area contributed by atoms with E-state index in [9.17, 15) is 23.1 Å². The van der Waals surface area contributed by atoms with Gasteiger partial charge in [0.05, 0.1) is 11.8 Å². The minimum atomic E-state index is -3.40. The van der Waals surface area contributed by atoms with Gasteiger partial charge in [-0.2, -0.15) is 0 Å². The van der Waals surface area contributed by atoms with Crippen LogP contribution in [0.2, 0.25) is 0 Å². The summed E-state index contributed by atoms with van der Waals surface area (Å²) in [6.45, 7) is 4.48. The molecule has 3 rings (SSSR count). The summed E-state index contributed by atoms with van der Waals surface area (Å²) in [5.74, 6) is -1.00. The van der Waals surface area contributed by atoms with Crippen molar-refractivity contribution in [3.8, 4) is 5.75 Å². The molecule has 1 fully saturated rings. The SMILES string of the molecule is CC(C)N1CCn2c(CNS(=O)(=O)C3CC3)cc(=O)c(O)c2C1=O. The number of hydrogen-bond acceptors (Lipinski definition) is 5. The van der Waals surface area contributed by atoms with Crippen LogP contribution in [0, 0.1) is 0 Å². The lowest BCUT2D eigenvalue weighted by atomic mass is 10.1. The van der Waals surface area contributed by atoms with Crippen molar-refractivity contribution in [1.29, 1.82) is 0 Å². The van der Waals surface area contributed by atoms with Gasteiger partial charge < -0.3 is 14.6 Å². The predicted octanol–water partition coefficient (Wildman–Crippen LogP) is -0.000100. The number of carbonyl (C=O) groups is 1. The fraction of sp³-hybridized carbons (Fsp3) is 0.600. The maximum Gasteiger partial charge on any atom is 0.274 e. The van der Waals surface area contributed by atoms with Crippen molar-refractivity contribution in [2.75, 3.05) is 6.54 Å². The van der Waals surface area contributed by atoms with Crippen molar-refractivity contribution >= 4 is 15.9 Å². The highest BCUT2D eigenvalue weighted by atomic mass is 32.2. The summed E-state index contributed by atoms with van der Waals surface area (Å²) in [7, 11) is -3.40. The summed E-state index contributed by atoms with van der Waals surface area (Å²) < 4.78 is 28.0. The smallest absolute Gasteiger partial charge is 0.274 e. The first-order chi connectivity index (χ1) is 11.2. The highest BCUT2D eigenvalue weighted by molar-refractivity contribution is 7.90. The van der Waals surface area contributed by atoms with Crippen molar-refractivity contribution in [1.82, 2.24) is 14.2 Å². The molecule has 1 amide bonds. The van der Waals surface area contributed by atoms with E-state index in [4.69, 9.17) is 0 Å². The summed E-state index contributed by atoms with van der Waals surface area (Å²) in [4.78, 5) is 26.1. The highest BCUT2D eigenvalue weighted by Crippen LogP contribution is 2.28. The molecule has 0 bridgehead atoms. The van der Waals surface area contributed by atoms with Crippen LogP contribution in [0.25, 0.3) is 0 Å². The third-order valence-corrected chi connectivity index (χ3v) is 6.34. The van der Waals surface area contributed by atoms with E-state index in [0.717, 1.165) is 0 Å². The van der Waals surface area contributed by atoms with Gasteiger partial charge in [0.1, 0.15) is 0 Å². The molecular formula is C15H21N3O5S. The van der Waals surface area contributed by atoms with Crippen LogP contribution in [0.3, 0.4) is 0 Å². The third kappa shape index (κ3) is 2.93. The minimum absolute atomic E-state index is 0.0576. The molecule has 1 aromatic heterocycles. The van der Waals surface area contributed by atoms with Gasteiger partial charge in [0.2, 0.25) is 15.5 Å². The first kappa shape index (κ1) is 17.0. The molecule has 2 heterocycles. The van der Waals surface area contributed by atoms with Gasteiger partial charge in [-0.15, -0.1) is 0 Å². The van der Waals surface area contributed by atoms with E-state index in [2.05, 4.69) is 4.72 Å². The van der Waals surface area contributed by atoms with Crippen molar-refractivity contribution in [3.05, 3.63) is 27.7 Å². The molecule has 0 radical (unpaired) electrons. The van der Waals surface area contributed by atoms with E-state index < -0.39 is 27.1 Å². The second kappa shape index (κ2) is 5.89. The Balaban J connectivity index is 1.96. The summed E-state index contributed by atoms with van der Waals surface area (Å²) in [5, 5.41) is 9.68. The second-order valence-corrected chi connectivity index (χ2v) is 8.55. The van der Waals surface area contributed by atoms with Crippen LogP contribution in [0.1, 0.15) is 42.9 Å². The minimum Gasteiger partial charge on any atom is -0.503 e. The van der Waals surface area contributed by atoms with Crippen LogP contribution in [0.4, 0.5) is 0 Å². The van der Waals surface area contributed by atoms with Crippen molar-refractivity contribution < 1.29 is 18.3 Å². The molecule has 1 aromatic rings. The molecule has 0 atom stereocenters. The molecule has 2 aliphatic rings. The average molecular weight is 355 g/mol. The summed E-state index contributed by atoms with van der Waals surface area (Å²) in [6, 6.07) is 1.13. The van der Waals surface area contributed by atoms with Crippen LogP contribution in [0.5, 0.6) is 5.75 Å². The molecule has 9 heteroatoms. The zero-order valence-corrected chi connectivity index (χ0v) is 14.5. The molecule has 0 aromatic carbocycles. The quantitative estimate of drug-likeness (QED) is 0.773. The molecule has 0 unspecified atom stereocenters.